The molecule has 1 aliphatic rings. The highest BCUT2D eigenvalue weighted by Crippen LogP contribution is 2.34. The first-order valence-electron chi connectivity index (χ1n) is 5.76. The molecular formula is C12H20O3S2. The summed E-state index contributed by atoms with van der Waals surface area (Å²) in [7, 11) is 0. The lowest BCUT2D eigenvalue weighted by Gasteiger charge is -2.21. The third kappa shape index (κ3) is 5.82. The zero-order chi connectivity index (χ0) is 13.1. The molecule has 0 unspecified atom stereocenters. The van der Waals surface area contributed by atoms with Gasteiger partial charge in [-0.05, 0) is 27.2 Å². The van der Waals surface area contributed by atoms with E-state index in [1.165, 1.54) is 11.8 Å². The van der Waals surface area contributed by atoms with Crippen molar-refractivity contribution in [2.45, 2.75) is 45.0 Å². The van der Waals surface area contributed by atoms with Crippen LogP contribution in [0.1, 0.15) is 34.1 Å². The minimum Gasteiger partial charge on any atom is -0.460 e. The van der Waals surface area contributed by atoms with Crippen LogP contribution in [0.25, 0.3) is 0 Å². The normalized spacial score (nSPS) is 24.7. The number of rotatable bonds is 3. The highest BCUT2D eigenvalue weighted by atomic mass is 32.2. The van der Waals surface area contributed by atoms with E-state index in [-0.39, 0.29) is 17.0 Å². The maximum absolute atomic E-state index is 11.8. The van der Waals surface area contributed by atoms with Crippen molar-refractivity contribution < 1.29 is 14.3 Å². The number of carbonyl (C=O) groups is 2. The molecule has 0 aliphatic carbocycles. The second kappa shape index (κ2) is 6.14. The summed E-state index contributed by atoms with van der Waals surface area (Å²) in [4.78, 5) is 22.7. The number of thioether (sulfide) groups is 2. The zero-order valence-electron chi connectivity index (χ0n) is 10.8. The van der Waals surface area contributed by atoms with Gasteiger partial charge in [0.1, 0.15) is 5.60 Å². The molecule has 0 spiro atoms. The molecule has 0 N–H and O–H groups in total. The number of hydrogen-bond donors (Lipinski definition) is 0. The van der Waals surface area contributed by atoms with Crippen molar-refractivity contribution >= 4 is 34.6 Å². The van der Waals surface area contributed by atoms with E-state index in [0.717, 1.165) is 17.9 Å². The van der Waals surface area contributed by atoms with Crippen LogP contribution < -0.4 is 0 Å². The smallest absolute Gasteiger partial charge is 0.310 e. The van der Waals surface area contributed by atoms with E-state index < -0.39 is 5.60 Å². The van der Waals surface area contributed by atoms with E-state index in [1.54, 1.807) is 18.7 Å². The van der Waals surface area contributed by atoms with Crippen molar-refractivity contribution in [3.8, 4) is 0 Å². The maximum atomic E-state index is 11.8. The largest absolute Gasteiger partial charge is 0.460 e. The summed E-state index contributed by atoms with van der Waals surface area (Å²) in [6.07, 6.45) is 0.833. The van der Waals surface area contributed by atoms with Gasteiger partial charge in [-0.25, -0.2) is 0 Å². The molecule has 0 radical (unpaired) electrons. The maximum Gasteiger partial charge on any atom is 0.310 e. The SMILES string of the molecule is CC(=O)SC[C@H]1C[C@@H](C(=O)OC(C)(C)C)CS1. The van der Waals surface area contributed by atoms with Gasteiger partial charge in [0.05, 0.1) is 5.92 Å². The molecule has 1 fully saturated rings. The van der Waals surface area contributed by atoms with Gasteiger partial charge >= 0.3 is 5.97 Å². The van der Waals surface area contributed by atoms with Crippen LogP contribution in [0.15, 0.2) is 0 Å². The summed E-state index contributed by atoms with van der Waals surface area (Å²) < 4.78 is 5.37. The molecule has 0 saturated carbocycles. The molecule has 0 bridgehead atoms. The van der Waals surface area contributed by atoms with E-state index in [4.69, 9.17) is 4.74 Å². The Morgan fingerprint density at radius 1 is 1.41 bits per heavy atom. The first-order valence-corrected chi connectivity index (χ1v) is 7.79. The summed E-state index contributed by atoms with van der Waals surface area (Å²) in [5.41, 5.74) is -0.409. The van der Waals surface area contributed by atoms with Crippen LogP contribution in [-0.2, 0) is 14.3 Å². The van der Waals surface area contributed by atoms with E-state index >= 15 is 0 Å². The summed E-state index contributed by atoms with van der Waals surface area (Å²) >= 11 is 3.12. The Kier molecular flexibility index (Phi) is 5.38. The van der Waals surface area contributed by atoms with Gasteiger partial charge in [-0.1, -0.05) is 11.8 Å². The van der Waals surface area contributed by atoms with Crippen LogP contribution >= 0.6 is 23.5 Å². The molecule has 3 nitrogen and oxygen atoms in total. The zero-order valence-corrected chi connectivity index (χ0v) is 12.5. The molecule has 5 heteroatoms. The van der Waals surface area contributed by atoms with Crippen LogP contribution in [0.4, 0.5) is 0 Å². The van der Waals surface area contributed by atoms with Gasteiger partial charge in [-0.15, -0.1) is 0 Å². The fourth-order valence-electron chi connectivity index (χ4n) is 1.58. The lowest BCUT2D eigenvalue weighted by molar-refractivity contribution is -0.159. The average molecular weight is 276 g/mol. The quantitative estimate of drug-likeness (QED) is 0.742. The Morgan fingerprint density at radius 3 is 2.59 bits per heavy atom. The highest BCUT2D eigenvalue weighted by Gasteiger charge is 2.33. The van der Waals surface area contributed by atoms with Crippen molar-refractivity contribution in [3.63, 3.8) is 0 Å². The Labute approximate surface area is 111 Å². The van der Waals surface area contributed by atoms with Crippen molar-refractivity contribution in [1.82, 2.24) is 0 Å². The predicted octanol–water partition coefficient (Wildman–Crippen LogP) is 2.73. The fraction of sp³-hybridized carbons (Fsp3) is 0.833. The third-order valence-corrected chi connectivity index (χ3v) is 4.91. The molecule has 1 rings (SSSR count). The molecule has 0 aromatic heterocycles. The van der Waals surface area contributed by atoms with Crippen molar-refractivity contribution in [2.75, 3.05) is 11.5 Å². The van der Waals surface area contributed by atoms with E-state index in [2.05, 4.69) is 0 Å². The molecule has 1 saturated heterocycles. The second-order valence-electron chi connectivity index (χ2n) is 5.22. The standard InChI is InChI=1S/C12H20O3S2/c1-8(13)16-7-10-5-9(6-17-10)11(14)15-12(2,3)4/h9-10H,5-7H2,1-4H3/t9-,10-/m1/s1. The van der Waals surface area contributed by atoms with Gasteiger partial charge in [0, 0.05) is 23.7 Å². The van der Waals surface area contributed by atoms with Crippen LogP contribution in [0.3, 0.4) is 0 Å². The van der Waals surface area contributed by atoms with Gasteiger partial charge in [-0.2, -0.15) is 11.8 Å². The molecule has 0 aromatic carbocycles. The summed E-state index contributed by atoms with van der Waals surface area (Å²) in [5.74, 6) is 1.52. The monoisotopic (exact) mass is 276 g/mol. The molecule has 1 aliphatic heterocycles. The molecule has 0 amide bonds. The van der Waals surface area contributed by atoms with Gasteiger partial charge in [-0.3, -0.25) is 9.59 Å². The fourth-order valence-corrected chi connectivity index (χ4v) is 3.87. The number of carbonyl (C=O) groups excluding carboxylic acids is 2. The summed E-state index contributed by atoms with van der Waals surface area (Å²) in [6.45, 7) is 7.23. The summed E-state index contributed by atoms with van der Waals surface area (Å²) in [6, 6.07) is 0. The molecule has 1 heterocycles. The van der Waals surface area contributed by atoms with Crippen molar-refractivity contribution in [1.29, 1.82) is 0 Å². The van der Waals surface area contributed by atoms with Crippen molar-refractivity contribution in [3.05, 3.63) is 0 Å². The predicted molar refractivity (Wildman–Crippen MR) is 73.3 cm³/mol. The number of ether oxygens (including phenoxy) is 1. The first kappa shape index (κ1) is 14.9. The van der Waals surface area contributed by atoms with E-state index in [9.17, 15) is 9.59 Å². The minimum atomic E-state index is -0.409. The molecule has 2 atom stereocenters. The van der Waals surface area contributed by atoms with Crippen molar-refractivity contribution in [2.24, 2.45) is 5.92 Å². The molecule has 17 heavy (non-hydrogen) atoms. The van der Waals surface area contributed by atoms with Crippen LogP contribution in [0, 0.1) is 5.92 Å². The Hall–Kier alpha value is -0.160. The molecule has 0 aromatic rings. The van der Waals surface area contributed by atoms with Gasteiger partial charge in [0.2, 0.25) is 0 Å². The van der Waals surface area contributed by atoms with E-state index in [1.807, 2.05) is 20.8 Å². The lowest BCUT2D eigenvalue weighted by atomic mass is 10.1. The van der Waals surface area contributed by atoms with Crippen LogP contribution in [0.2, 0.25) is 0 Å². The minimum absolute atomic E-state index is 0.00298. The van der Waals surface area contributed by atoms with Gasteiger partial charge in [0.15, 0.2) is 5.12 Å². The topological polar surface area (TPSA) is 43.4 Å². The van der Waals surface area contributed by atoms with Gasteiger partial charge in [0.25, 0.3) is 0 Å². The Balaban J connectivity index is 2.34. The first-order chi connectivity index (χ1) is 7.78. The Bertz CT molecular complexity index is 297. The second-order valence-corrected chi connectivity index (χ2v) is 7.75. The number of esters is 1. The number of hydrogen-bond acceptors (Lipinski definition) is 5. The molecular weight excluding hydrogens is 256 g/mol. The lowest BCUT2D eigenvalue weighted by Crippen LogP contribution is -2.29. The van der Waals surface area contributed by atoms with Crippen LogP contribution in [-0.4, -0.2) is 33.4 Å². The Morgan fingerprint density at radius 2 is 2.06 bits per heavy atom. The van der Waals surface area contributed by atoms with E-state index in [0.29, 0.717) is 5.25 Å². The summed E-state index contributed by atoms with van der Waals surface area (Å²) in [5, 5.41) is 0.549. The average Bonchev–Trinajstić information content (AvgIpc) is 2.60. The molecule has 98 valence electrons. The van der Waals surface area contributed by atoms with Crippen LogP contribution in [0.5, 0.6) is 0 Å². The highest BCUT2D eigenvalue weighted by molar-refractivity contribution is 8.14. The third-order valence-electron chi connectivity index (χ3n) is 2.29. The van der Waals surface area contributed by atoms with Gasteiger partial charge < -0.3 is 4.74 Å².